The molecular formula is C18H22ClN5O3S. The van der Waals surface area contributed by atoms with Gasteiger partial charge >= 0.3 is 6.03 Å². The van der Waals surface area contributed by atoms with Gasteiger partial charge in [-0.15, -0.1) is 11.3 Å². The van der Waals surface area contributed by atoms with Crippen LogP contribution in [-0.2, 0) is 11.2 Å². The van der Waals surface area contributed by atoms with E-state index in [1.165, 1.54) is 18.4 Å². The van der Waals surface area contributed by atoms with Gasteiger partial charge in [0.25, 0.3) is 0 Å². The van der Waals surface area contributed by atoms with Gasteiger partial charge in [0.1, 0.15) is 5.75 Å². The summed E-state index contributed by atoms with van der Waals surface area (Å²) < 4.78 is 5.22. The van der Waals surface area contributed by atoms with E-state index in [4.69, 9.17) is 16.3 Å². The zero-order valence-corrected chi connectivity index (χ0v) is 17.3. The first-order valence-corrected chi connectivity index (χ1v) is 10.0. The van der Waals surface area contributed by atoms with Crippen molar-refractivity contribution >= 4 is 45.7 Å². The predicted octanol–water partition coefficient (Wildman–Crippen LogP) is 2.77. The summed E-state index contributed by atoms with van der Waals surface area (Å²) in [5, 5.41) is 8.31. The third-order valence-electron chi connectivity index (χ3n) is 4.33. The number of benzene rings is 1. The summed E-state index contributed by atoms with van der Waals surface area (Å²) >= 11 is 7.27. The zero-order valence-electron chi connectivity index (χ0n) is 15.7. The van der Waals surface area contributed by atoms with E-state index < -0.39 is 0 Å². The van der Waals surface area contributed by atoms with Crippen LogP contribution in [0.4, 0.5) is 15.6 Å². The molecule has 0 atom stereocenters. The molecule has 1 saturated heterocycles. The summed E-state index contributed by atoms with van der Waals surface area (Å²) in [5.41, 5.74) is 1.08. The molecule has 0 spiro atoms. The lowest BCUT2D eigenvalue weighted by Gasteiger charge is -2.32. The highest BCUT2D eigenvalue weighted by molar-refractivity contribution is 7.13. The molecule has 8 nitrogen and oxygen atoms in total. The molecule has 2 aromatic rings. The maximum atomic E-state index is 12.3. The van der Waals surface area contributed by atoms with Gasteiger partial charge < -0.3 is 19.9 Å². The van der Waals surface area contributed by atoms with E-state index in [1.807, 2.05) is 7.05 Å². The van der Waals surface area contributed by atoms with Crippen molar-refractivity contribution in [3.05, 3.63) is 34.3 Å². The van der Waals surface area contributed by atoms with Gasteiger partial charge in [0.05, 0.1) is 24.9 Å². The van der Waals surface area contributed by atoms with E-state index in [9.17, 15) is 9.59 Å². The molecule has 3 amide bonds. The van der Waals surface area contributed by atoms with Gasteiger partial charge in [-0.25, -0.2) is 9.78 Å². The second kappa shape index (κ2) is 9.22. The fourth-order valence-electron chi connectivity index (χ4n) is 2.76. The minimum atomic E-state index is -0.247. The van der Waals surface area contributed by atoms with Gasteiger partial charge in [-0.2, -0.15) is 0 Å². The van der Waals surface area contributed by atoms with E-state index in [1.54, 1.807) is 28.5 Å². The number of carbonyl (C=O) groups is 2. The average molecular weight is 424 g/mol. The van der Waals surface area contributed by atoms with Crippen LogP contribution in [0.5, 0.6) is 5.75 Å². The van der Waals surface area contributed by atoms with Crippen molar-refractivity contribution in [3.8, 4) is 5.75 Å². The van der Waals surface area contributed by atoms with Gasteiger partial charge in [0.2, 0.25) is 5.91 Å². The van der Waals surface area contributed by atoms with Gasteiger partial charge in [0, 0.05) is 36.6 Å². The van der Waals surface area contributed by atoms with Crippen LogP contribution >= 0.6 is 22.9 Å². The Bertz CT molecular complexity index is 851. The molecule has 150 valence electrons. The molecule has 0 unspecified atom stereocenters. The normalized spacial score (nSPS) is 14.6. The van der Waals surface area contributed by atoms with Crippen LogP contribution in [0.15, 0.2) is 23.6 Å². The minimum absolute atomic E-state index is 0.0799. The number of thiazole rings is 1. The van der Waals surface area contributed by atoms with Crippen LogP contribution in [0.3, 0.4) is 0 Å². The number of nitrogens with one attached hydrogen (secondary N) is 2. The Morgan fingerprint density at radius 3 is 2.71 bits per heavy atom. The summed E-state index contributed by atoms with van der Waals surface area (Å²) in [6.45, 7) is 3.07. The number of ether oxygens (including phenoxy) is 1. The lowest BCUT2D eigenvalue weighted by molar-refractivity contribution is -0.115. The Morgan fingerprint density at radius 1 is 1.25 bits per heavy atom. The summed E-state index contributed by atoms with van der Waals surface area (Å²) in [5.74, 6) is 0.277. The standard InChI is InChI=1S/C18H22ClN5O3S/c1-23-5-7-24(8-6-23)18(26)22-17-20-13(11-28-17)10-16(25)21-14-9-12(19)3-4-15(14)27-2/h3-4,9,11H,5-8,10H2,1-2H3,(H,21,25)(H,20,22,26). The lowest BCUT2D eigenvalue weighted by atomic mass is 10.2. The largest absolute Gasteiger partial charge is 0.495 e. The number of carbonyl (C=O) groups excluding carboxylic acids is 2. The molecule has 0 aliphatic carbocycles. The number of likely N-dealkylation sites (N-methyl/N-ethyl adjacent to an activating group) is 1. The van der Waals surface area contributed by atoms with Gasteiger partial charge in [-0.3, -0.25) is 10.1 Å². The SMILES string of the molecule is COc1ccc(Cl)cc1NC(=O)Cc1csc(NC(=O)N2CCN(C)CC2)n1. The van der Waals surface area contributed by atoms with Crippen molar-refractivity contribution in [1.82, 2.24) is 14.8 Å². The Morgan fingerprint density at radius 2 is 2.00 bits per heavy atom. The first-order chi connectivity index (χ1) is 13.4. The van der Waals surface area contributed by atoms with Gasteiger partial charge in [-0.1, -0.05) is 11.6 Å². The second-order valence-corrected chi connectivity index (χ2v) is 7.73. The number of nitrogens with zero attached hydrogens (tertiary/aromatic N) is 3. The quantitative estimate of drug-likeness (QED) is 0.772. The first-order valence-electron chi connectivity index (χ1n) is 8.77. The van der Waals surface area contributed by atoms with Crippen molar-refractivity contribution in [2.45, 2.75) is 6.42 Å². The number of rotatable bonds is 5. The number of hydrogen-bond acceptors (Lipinski definition) is 6. The second-order valence-electron chi connectivity index (χ2n) is 6.43. The molecule has 0 bridgehead atoms. The third kappa shape index (κ3) is 5.34. The number of halogens is 1. The number of amides is 3. The Kier molecular flexibility index (Phi) is 6.71. The molecule has 2 heterocycles. The number of piperazine rings is 1. The summed E-state index contributed by atoms with van der Waals surface area (Å²) in [4.78, 5) is 32.9. The molecule has 1 aliphatic heterocycles. The number of urea groups is 1. The van der Waals surface area contributed by atoms with E-state index in [0.29, 0.717) is 40.4 Å². The van der Waals surface area contributed by atoms with Crippen molar-refractivity contribution in [2.24, 2.45) is 0 Å². The molecule has 1 aromatic heterocycles. The van der Waals surface area contributed by atoms with Crippen molar-refractivity contribution in [1.29, 1.82) is 0 Å². The topological polar surface area (TPSA) is 86.8 Å². The molecular weight excluding hydrogens is 402 g/mol. The Labute approximate surface area is 172 Å². The predicted molar refractivity (Wildman–Crippen MR) is 111 cm³/mol. The van der Waals surface area contributed by atoms with Gasteiger partial charge in [0.15, 0.2) is 5.13 Å². The van der Waals surface area contributed by atoms with Crippen LogP contribution in [0.1, 0.15) is 5.69 Å². The fraction of sp³-hybridized carbons (Fsp3) is 0.389. The van der Waals surface area contributed by atoms with Crippen LogP contribution < -0.4 is 15.4 Å². The molecule has 28 heavy (non-hydrogen) atoms. The smallest absolute Gasteiger partial charge is 0.323 e. The molecule has 0 saturated carbocycles. The number of methoxy groups -OCH3 is 1. The molecule has 3 rings (SSSR count). The average Bonchev–Trinajstić information content (AvgIpc) is 3.09. The number of hydrogen-bond donors (Lipinski definition) is 2. The lowest BCUT2D eigenvalue weighted by Crippen LogP contribution is -2.48. The molecule has 2 N–H and O–H groups in total. The summed E-state index contributed by atoms with van der Waals surface area (Å²) in [6, 6.07) is 4.83. The first kappa shape index (κ1) is 20.4. The van der Waals surface area contributed by atoms with E-state index in [2.05, 4.69) is 20.5 Å². The van der Waals surface area contributed by atoms with Crippen LogP contribution in [-0.4, -0.2) is 67.1 Å². The Balaban J connectivity index is 1.55. The van der Waals surface area contributed by atoms with Crippen LogP contribution in [0, 0.1) is 0 Å². The molecule has 0 radical (unpaired) electrons. The third-order valence-corrected chi connectivity index (χ3v) is 5.38. The molecule has 10 heteroatoms. The van der Waals surface area contributed by atoms with E-state index in [-0.39, 0.29) is 18.4 Å². The summed E-state index contributed by atoms with van der Waals surface area (Å²) in [7, 11) is 3.56. The summed E-state index contributed by atoms with van der Waals surface area (Å²) in [6.07, 6.45) is 0.0799. The minimum Gasteiger partial charge on any atom is -0.495 e. The maximum Gasteiger partial charge on any atom is 0.323 e. The molecule has 1 aliphatic rings. The van der Waals surface area contributed by atoms with Gasteiger partial charge in [-0.05, 0) is 25.2 Å². The number of aromatic nitrogens is 1. The van der Waals surface area contributed by atoms with Crippen molar-refractivity contribution in [2.75, 3.05) is 51.0 Å². The molecule has 1 aromatic carbocycles. The van der Waals surface area contributed by atoms with Crippen LogP contribution in [0.2, 0.25) is 5.02 Å². The Hall–Kier alpha value is -2.36. The van der Waals surface area contributed by atoms with Crippen LogP contribution in [0.25, 0.3) is 0 Å². The maximum absolute atomic E-state index is 12.3. The van der Waals surface area contributed by atoms with E-state index >= 15 is 0 Å². The van der Waals surface area contributed by atoms with Crippen molar-refractivity contribution in [3.63, 3.8) is 0 Å². The highest BCUT2D eigenvalue weighted by Crippen LogP contribution is 2.28. The highest BCUT2D eigenvalue weighted by atomic mass is 35.5. The zero-order chi connectivity index (χ0) is 20.1. The van der Waals surface area contributed by atoms with E-state index in [0.717, 1.165) is 13.1 Å². The monoisotopic (exact) mass is 423 g/mol. The molecule has 1 fully saturated rings. The van der Waals surface area contributed by atoms with Crippen molar-refractivity contribution < 1.29 is 14.3 Å². The highest BCUT2D eigenvalue weighted by Gasteiger charge is 2.20. The number of anilines is 2. The fourth-order valence-corrected chi connectivity index (χ4v) is 3.63.